The Morgan fingerprint density at radius 1 is 1.50 bits per heavy atom. The van der Waals surface area contributed by atoms with Gasteiger partial charge >= 0.3 is 0 Å². The molecule has 1 saturated heterocycles. The number of hydrogen-bond donors (Lipinski definition) is 1. The van der Waals surface area contributed by atoms with Gasteiger partial charge in [-0.15, -0.1) is 0 Å². The molecule has 0 aromatic rings. The first-order valence-electron chi connectivity index (χ1n) is 5.82. The monoisotopic (exact) mass is 200 g/mol. The lowest BCUT2D eigenvalue weighted by Crippen LogP contribution is -2.39. The van der Waals surface area contributed by atoms with Crippen molar-refractivity contribution in [2.45, 2.75) is 32.2 Å². The quantitative estimate of drug-likeness (QED) is 0.623. The SMILES string of the molecule is CCCN1CCCC1CNCCOC. The summed E-state index contributed by atoms with van der Waals surface area (Å²) in [6.45, 7) is 7.74. The molecule has 1 atom stereocenters. The average molecular weight is 200 g/mol. The lowest BCUT2D eigenvalue weighted by molar-refractivity contribution is 0.192. The second kappa shape index (κ2) is 7.21. The molecule has 0 amide bonds. The summed E-state index contributed by atoms with van der Waals surface area (Å²) in [6.07, 6.45) is 4.01. The molecule has 1 rings (SSSR count). The van der Waals surface area contributed by atoms with Crippen molar-refractivity contribution >= 4 is 0 Å². The maximum absolute atomic E-state index is 5.00. The summed E-state index contributed by atoms with van der Waals surface area (Å²) in [6, 6.07) is 0.770. The first-order valence-corrected chi connectivity index (χ1v) is 5.82. The second-order valence-electron chi connectivity index (χ2n) is 4.03. The van der Waals surface area contributed by atoms with Crippen LogP contribution in [0.15, 0.2) is 0 Å². The van der Waals surface area contributed by atoms with Crippen LogP contribution < -0.4 is 5.32 Å². The smallest absolute Gasteiger partial charge is 0.0587 e. The van der Waals surface area contributed by atoms with Gasteiger partial charge in [-0.25, -0.2) is 0 Å². The van der Waals surface area contributed by atoms with Gasteiger partial charge < -0.3 is 10.1 Å². The molecule has 0 saturated carbocycles. The van der Waals surface area contributed by atoms with Gasteiger partial charge in [-0.05, 0) is 32.4 Å². The lowest BCUT2D eigenvalue weighted by Gasteiger charge is -2.24. The van der Waals surface area contributed by atoms with Crippen molar-refractivity contribution in [3.05, 3.63) is 0 Å². The summed E-state index contributed by atoms with van der Waals surface area (Å²) in [7, 11) is 1.75. The Labute approximate surface area is 87.8 Å². The van der Waals surface area contributed by atoms with Crippen LogP contribution in [0, 0.1) is 0 Å². The van der Waals surface area contributed by atoms with Gasteiger partial charge in [0.05, 0.1) is 6.61 Å². The molecular formula is C11H24N2O. The summed E-state index contributed by atoms with van der Waals surface area (Å²) in [5, 5.41) is 3.45. The summed E-state index contributed by atoms with van der Waals surface area (Å²) in [5.74, 6) is 0. The van der Waals surface area contributed by atoms with Gasteiger partial charge in [-0.3, -0.25) is 4.90 Å². The molecule has 0 bridgehead atoms. The van der Waals surface area contributed by atoms with Crippen LogP contribution in [0.25, 0.3) is 0 Å². The van der Waals surface area contributed by atoms with Crippen LogP contribution in [0.3, 0.4) is 0 Å². The molecule has 1 unspecified atom stereocenters. The predicted octanol–water partition coefficient (Wildman–Crippen LogP) is 1.10. The van der Waals surface area contributed by atoms with E-state index in [4.69, 9.17) is 4.74 Å². The molecule has 0 aromatic heterocycles. The van der Waals surface area contributed by atoms with Crippen LogP contribution in [0.2, 0.25) is 0 Å². The molecular weight excluding hydrogens is 176 g/mol. The van der Waals surface area contributed by atoms with Gasteiger partial charge in [-0.2, -0.15) is 0 Å². The molecule has 1 N–H and O–H groups in total. The van der Waals surface area contributed by atoms with Gasteiger partial charge in [0.15, 0.2) is 0 Å². The van der Waals surface area contributed by atoms with E-state index in [0.29, 0.717) is 0 Å². The third-order valence-corrected chi connectivity index (χ3v) is 2.87. The van der Waals surface area contributed by atoms with Crippen molar-refractivity contribution in [3.63, 3.8) is 0 Å². The Kier molecular flexibility index (Phi) is 6.15. The number of methoxy groups -OCH3 is 1. The molecule has 1 aliphatic heterocycles. The topological polar surface area (TPSA) is 24.5 Å². The normalized spacial score (nSPS) is 23.1. The fourth-order valence-electron chi connectivity index (χ4n) is 2.15. The predicted molar refractivity (Wildman–Crippen MR) is 59.6 cm³/mol. The van der Waals surface area contributed by atoms with Crippen molar-refractivity contribution in [3.8, 4) is 0 Å². The Balaban J connectivity index is 2.09. The van der Waals surface area contributed by atoms with Crippen LogP contribution in [0.5, 0.6) is 0 Å². The third-order valence-electron chi connectivity index (χ3n) is 2.87. The molecule has 0 aliphatic carbocycles. The molecule has 3 heteroatoms. The van der Waals surface area contributed by atoms with E-state index in [0.717, 1.165) is 25.7 Å². The highest BCUT2D eigenvalue weighted by molar-refractivity contribution is 4.80. The van der Waals surface area contributed by atoms with E-state index < -0.39 is 0 Å². The fraction of sp³-hybridized carbons (Fsp3) is 1.00. The first kappa shape index (κ1) is 12.0. The summed E-state index contributed by atoms with van der Waals surface area (Å²) in [4.78, 5) is 2.61. The minimum Gasteiger partial charge on any atom is -0.383 e. The second-order valence-corrected chi connectivity index (χ2v) is 4.03. The van der Waals surface area contributed by atoms with E-state index in [1.54, 1.807) is 7.11 Å². The van der Waals surface area contributed by atoms with Crippen LogP contribution in [-0.4, -0.2) is 50.8 Å². The number of nitrogens with one attached hydrogen (secondary N) is 1. The highest BCUT2D eigenvalue weighted by atomic mass is 16.5. The lowest BCUT2D eigenvalue weighted by atomic mass is 10.2. The maximum Gasteiger partial charge on any atom is 0.0587 e. The molecule has 3 nitrogen and oxygen atoms in total. The molecule has 0 spiro atoms. The van der Waals surface area contributed by atoms with Crippen molar-refractivity contribution < 1.29 is 4.74 Å². The molecule has 0 aromatic carbocycles. The maximum atomic E-state index is 5.00. The van der Waals surface area contributed by atoms with Gasteiger partial charge in [0.2, 0.25) is 0 Å². The minimum absolute atomic E-state index is 0.770. The zero-order valence-corrected chi connectivity index (χ0v) is 9.59. The Morgan fingerprint density at radius 3 is 3.07 bits per heavy atom. The molecule has 0 radical (unpaired) electrons. The van der Waals surface area contributed by atoms with Crippen molar-refractivity contribution in [1.29, 1.82) is 0 Å². The van der Waals surface area contributed by atoms with E-state index in [-0.39, 0.29) is 0 Å². The zero-order chi connectivity index (χ0) is 10.2. The van der Waals surface area contributed by atoms with Crippen molar-refractivity contribution in [2.24, 2.45) is 0 Å². The summed E-state index contributed by atoms with van der Waals surface area (Å²) >= 11 is 0. The molecule has 1 fully saturated rings. The van der Waals surface area contributed by atoms with E-state index in [1.807, 2.05) is 0 Å². The number of nitrogens with zero attached hydrogens (tertiary/aromatic N) is 1. The van der Waals surface area contributed by atoms with Crippen molar-refractivity contribution in [1.82, 2.24) is 10.2 Å². The summed E-state index contributed by atoms with van der Waals surface area (Å²) < 4.78 is 5.00. The van der Waals surface area contributed by atoms with Crippen LogP contribution >= 0.6 is 0 Å². The third kappa shape index (κ3) is 3.95. The van der Waals surface area contributed by atoms with Gasteiger partial charge in [0.1, 0.15) is 0 Å². The molecule has 84 valence electrons. The zero-order valence-electron chi connectivity index (χ0n) is 9.59. The number of hydrogen-bond acceptors (Lipinski definition) is 3. The number of likely N-dealkylation sites (tertiary alicyclic amines) is 1. The number of ether oxygens (including phenoxy) is 1. The van der Waals surface area contributed by atoms with Gasteiger partial charge in [0, 0.05) is 26.2 Å². The van der Waals surface area contributed by atoms with Gasteiger partial charge in [-0.1, -0.05) is 6.92 Å². The highest BCUT2D eigenvalue weighted by Gasteiger charge is 2.22. The van der Waals surface area contributed by atoms with Crippen LogP contribution in [0.4, 0.5) is 0 Å². The highest BCUT2D eigenvalue weighted by Crippen LogP contribution is 2.16. The first-order chi connectivity index (χ1) is 6.88. The summed E-state index contributed by atoms with van der Waals surface area (Å²) in [5.41, 5.74) is 0. The van der Waals surface area contributed by atoms with Gasteiger partial charge in [0.25, 0.3) is 0 Å². The van der Waals surface area contributed by atoms with Crippen molar-refractivity contribution in [2.75, 3.05) is 39.9 Å². The minimum atomic E-state index is 0.770. The average Bonchev–Trinajstić information content (AvgIpc) is 2.61. The molecule has 1 aliphatic rings. The van der Waals surface area contributed by atoms with Crippen LogP contribution in [-0.2, 0) is 4.74 Å². The standard InChI is InChI=1S/C11H24N2O/c1-3-7-13-8-4-5-11(13)10-12-6-9-14-2/h11-12H,3-10H2,1-2H3. The largest absolute Gasteiger partial charge is 0.383 e. The van der Waals surface area contributed by atoms with E-state index in [1.165, 1.54) is 32.4 Å². The van der Waals surface area contributed by atoms with E-state index in [9.17, 15) is 0 Å². The van der Waals surface area contributed by atoms with E-state index >= 15 is 0 Å². The van der Waals surface area contributed by atoms with E-state index in [2.05, 4.69) is 17.1 Å². The van der Waals surface area contributed by atoms with Crippen LogP contribution in [0.1, 0.15) is 26.2 Å². The molecule has 14 heavy (non-hydrogen) atoms. The Morgan fingerprint density at radius 2 is 2.36 bits per heavy atom. The Bertz CT molecular complexity index is 141. The Hall–Kier alpha value is -0.120. The number of rotatable bonds is 7. The molecule has 1 heterocycles. The fourth-order valence-corrected chi connectivity index (χ4v) is 2.15.